The van der Waals surface area contributed by atoms with Crippen LogP contribution in [0.3, 0.4) is 0 Å². The van der Waals surface area contributed by atoms with Crippen molar-refractivity contribution < 1.29 is 14.6 Å². The fraction of sp³-hybridized carbons (Fsp3) is 0.0769. The molecule has 1 aromatic carbocycles. The highest BCUT2D eigenvalue weighted by Crippen LogP contribution is 2.43. The number of hydrogen-bond acceptors (Lipinski definition) is 5. The van der Waals surface area contributed by atoms with Crippen LogP contribution in [-0.4, -0.2) is 23.1 Å². The molecular formula is C13H9ClN2O3S. The van der Waals surface area contributed by atoms with E-state index in [1.165, 1.54) is 11.3 Å². The first-order valence-corrected chi connectivity index (χ1v) is 6.81. The van der Waals surface area contributed by atoms with Crippen molar-refractivity contribution in [3.8, 4) is 11.5 Å². The van der Waals surface area contributed by atoms with E-state index in [1.807, 2.05) is 12.1 Å². The predicted octanol–water partition coefficient (Wildman–Crippen LogP) is 2.92. The zero-order valence-corrected chi connectivity index (χ0v) is 11.9. The first-order chi connectivity index (χ1) is 9.52. The third-order valence-electron chi connectivity index (χ3n) is 2.99. The number of ether oxygens (including phenoxy) is 1. The average molecular weight is 309 g/mol. The number of benzene rings is 1. The molecule has 2 aromatic heterocycles. The van der Waals surface area contributed by atoms with Gasteiger partial charge in [0.05, 0.1) is 11.8 Å². The second-order valence-electron chi connectivity index (χ2n) is 4.13. The molecule has 0 saturated carbocycles. The Kier molecular flexibility index (Phi) is 2.92. The first kappa shape index (κ1) is 13.0. The monoisotopic (exact) mass is 308 g/mol. The molecule has 2 heterocycles. The lowest BCUT2D eigenvalue weighted by molar-refractivity contribution is 0.0993. The number of methoxy groups -OCH3 is 1. The van der Waals surface area contributed by atoms with Gasteiger partial charge in [0.2, 0.25) is 0 Å². The van der Waals surface area contributed by atoms with Crippen LogP contribution < -0.4 is 10.5 Å². The number of aromatic hydroxyl groups is 1. The molecule has 0 fully saturated rings. The number of carbonyl (C=O) groups excluding carboxylic acids is 1. The van der Waals surface area contributed by atoms with Crippen molar-refractivity contribution in [3.63, 3.8) is 0 Å². The normalized spacial score (nSPS) is 11.1. The van der Waals surface area contributed by atoms with Gasteiger partial charge in [-0.3, -0.25) is 4.79 Å². The molecule has 0 saturated heterocycles. The number of pyridine rings is 1. The van der Waals surface area contributed by atoms with E-state index in [-0.39, 0.29) is 16.6 Å². The molecule has 0 aliphatic heterocycles. The summed E-state index contributed by atoms with van der Waals surface area (Å²) >= 11 is 7.42. The zero-order valence-electron chi connectivity index (χ0n) is 10.3. The van der Waals surface area contributed by atoms with E-state index in [2.05, 4.69) is 4.98 Å². The lowest BCUT2D eigenvalue weighted by atomic mass is 10.1. The quantitative estimate of drug-likeness (QED) is 0.713. The zero-order chi connectivity index (χ0) is 14.4. The van der Waals surface area contributed by atoms with Gasteiger partial charge in [-0.05, 0) is 18.2 Å². The molecule has 3 N–H and O–H groups in total. The van der Waals surface area contributed by atoms with Crippen LogP contribution in [0.2, 0.25) is 5.15 Å². The minimum atomic E-state index is -0.818. The van der Waals surface area contributed by atoms with E-state index in [4.69, 9.17) is 22.1 Å². The number of fused-ring (bicyclic) bond motifs is 3. The van der Waals surface area contributed by atoms with Crippen molar-refractivity contribution >= 4 is 49.0 Å². The van der Waals surface area contributed by atoms with Gasteiger partial charge in [-0.1, -0.05) is 11.6 Å². The number of rotatable bonds is 2. The molecule has 102 valence electrons. The summed E-state index contributed by atoms with van der Waals surface area (Å²) in [6.07, 6.45) is 0. The fourth-order valence-electron chi connectivity index (χ4n) is 2.06. The summed E-state index contributed by atoms with van der Waals surface area (Å²) in [5, 5.41) is 11.7. The molecule has 5 nitrogen and oxygen atoms in total. The molecule has 0 aliphatic rings. The van der Waals surface area contributed by atoms with Crippen LogP contribution in [0.1, 0.15) is 10.5 Å². The molecule has 20 heavy (non-hydrogen) atoms. The van der Waals surface area contributed by atoms with Crippen molar-refractivity contribution in [2.24, 2.45) is 5.73 Å². The maximum Gasteiger partial charge on any atom is 0.271 e. The highest BCUT2D eigenvalue weighted by Gasteiger charge is 2.20. The Morgan fingerprint density at radius 2 is 2.25 bits per heavy atom. The summed E-state index contributed by atoms with van der Waals surface area (Å²) in [6, 6.07) is 5.47. The summed E-state index contributed by atoms with van der Waals surface area (Å²) in [7, 11) is 1.58. The number of hydrogen-bond donors (Lipinski definition) is 2. The highest BCUT2D eigenvalue weighted by atomic mass is 35.5. The van der Waals surface area contributed by atoms with Gasteiger partial charge < -0.3 is 15.6 Å². The minimum Gasteiger partial charge on any atom is -0.504 e. The van der Waals surface area contributed by atoms with E-state index in [1.54, 1.807) is 13.2 Å². The van der Waals surface area contributed by atoms with E-state index < -0.39 is 5.91 Å². The number of primary amides is 1. The number of nitrogens with zero attached hydrogens (tertiary/aromatic N) is 1. The minimum absolute atomic E-state index is 0.142. The standard InChI is InChI=1S/C13H9ClN2O3S/c1-19-5-2-3-6-7(4-5)20-11-8(6)12(14)16-9(10(11)17)13(15)18/h2-4,17H,1H3,(H2,15,18). The van der Waals surface area contributed by atoms with E-state index in [9.17, 15) is 9.90 Å². The van der Waals surface area contributed by atoms with Gasteiger partial charge in [0, 0.05) is 15.5 Å². The Hall–Kier alpha value is -2.05. The molecule has 0 bridgehead atoms. The number of nitrogens with two attached hydrogens (primary N) is 1. The van der Waals surface area contributed by atoms with Crippen molar-refractivity contribution in [2.45, 2.75) is 0 Å². The highest BCUT2D eigenvalue weighted by molar-refractivity contribution is 7.26. The van der Waals surface area contributed by atoms with Crippen molar-refractivity contribution in [1.82, 2.24) is 4.98 Å². The van der Waals surface area contributed by atoms with Crippen LogP contribution in [0.15, 0.2) is 18.2 Å². The van der Waals surface area contributed by atoms with Crippen LogP contribution in [0.5, 0.6) is 11.5 Å². The Morgan fingerprint density at radius 3 is 2.90 bits per heavy atom. The van der Waals surface area contributed by atoms with Gasteiger partial charge in [0.15, 0.2) is 11.4 Å². The Morgan fingerprint density at radius 1 is 1.50 bits per heavy atom. The van der Waals surface area contributed by atoms with Crippen LogP contribution >= 0.6 is 22.9 Å². The number of carbonyl (C=O) groups is 1. The Bertz CT molecular complexity index is 860. The molecule has 7 heteroatoms. The van der Waals surface area contributed by atoms with Crippen LogP contribution in [0.4, 0.5) is 0 Å². The SMILES string of the molecule is COc1ccc2c(c1)sc1c(O)c(C(N)=O)nc(Cl)c12. The van der Waals surface area contributed by atoms with Crippen molar-refractivity contribution in [1.29, 1.82) is 0 Å². The number of halogens is 1. The van der Waals surface area contributed by atoms with Crippen LogP contribution in [-0.2, 0) is 0 Å². The Labute approximate surface area is 122 Å². The first-order valence-electron chi connectivity index (χ1n) is 5.61. The molecule has 0 spiro atoms. The fourth-order valence-corrected chi connectivity index (χ4v) is 3.58. The summed E-state index contributed by atoms with van der Waals surface area (Å²) in [6.45, 7) is 0. The Balaban J connectivity index is 2.46. The van der Waals surface area contributed by atoms with Crippen molar-refractivity contribution in [2.75, 3.05) is 7.11 Å². The second kappa shape index (κ2) is 4.50. The summed E-state index contributed by atoms with van der Waals surface area (Å²) in [4.78, 5) is 15.1. The summed E-state index contributed by atoms with van der Waals surface area (Å²) in [5.41, 5.74) is 4.96. The van der Waals surface area contributed by atoms with Gasteiger partial charge in [0.25, 0.3) is 5.91 Å². The van der Waals surface area contributed by atoms with Gasteiger partial charge in [0.1, 0.15) is 10.9 Å². The van der Waals surface area contributed by atoms with Gasteiger partial charge in [-0.15, -0.1) is 11.3 Å². The maximum atomic E-state index is 11.3. The lowest BCUT2D eigenvalue weighted by Gasteiger charge is -2.02. The third-order valence-corrected chi connectivity index (χ3v) is 4.42. The smallest absolute Gasteiger partial charge is 0.271 e. The topological polar surface area (TPSA) is 85.4 Å². The molecular weight excluding hydrogens is 300 g/mol. The van der Waals surface area contributed by atoms with E-state index >= 15 is 0 Å². The number of thiophene rings is 1. The van der Waals surface area contributed by atoms with Gasteiger partial charge in [-0.2, -0.15) is 0 Å². The van der Waals surface area contributed by atoms with Crippen molar-refractivity contribution in [3.05, 3.63) is 29.0 Å². The molecule has 0 atom stereocenters. The molecule has 1 amide bonds. The number of aromatic nitrogens is 1. The maximum absolute atomic E-state index is 11.3. The lowest BCUT2D eigenvalue weighted by Crippen LogP contribution is -2.13. The van der Waals surface area contributed by atoms with Crippen LogP contribution in [0, 0.1) is 0 Å². The summed E-state index contributed by atoms with van der Waals surface area (Å²) in [5.74, 6) is -0.360. The van der Waals surface area contributed by atoms with Gasteiger partial charge >= 0.3 is 0 Å². The molecule has 3 rings (SSSR count). The number of amides is 1. The predicted molar refractivity (Wildman–Crippen MR) is 78.9 cm³/mol. The van der Waals surface area contributed by atoms with E-state index in [0.717, 1.165) is 10.1 Å². The molecule has 0 aliphatic carbocycles. The average Bonchev–Trinajstić information content (AvgIpc) is 2.81. The third kappa shape index (κ3) is 1.76. The molecule has 3 aromatic rings. The second-order valence-corrected chi connectivity index (χ2v) is 5.54. The largest absolute Gasteiger partial charge is 0.504 e. The summed E-state index contributed by atoms with van der Waals surface area (Å²) < 4.78 is 6.53. The van der Waals surface area contributed by atoms with E-state index in [0.29, 0.717) is 15.8 Å². The van der Waals surface area contributed by atoms with Crippen LogP contribution in [0.25, 0.3) is 20.2 Å². The molecule has 0 radical (unpaired) electrons. The molecule has 0 unspecified atom stereocenters. The van der Waals surface area contributed by atoms with Gasteiger partial charge in [-0.25, -0.2) is 4.98 Å².